The summed E-state index contributed by atoms with van der Waals surface area (Å²) in [5.41, 5.74) is -3.44. The van der Waals surface area contributed by atoms with Crippen molar-refractivity contribution in [3.05, 3.63) is 0 Å². The standard InChI is InChI=1S/C41H62O10/c1-6-30(34(43)49-40-19-26-12-27(20-40)16-38(15-26,23-40)36(45)51-37(3,4)5)14-31(11-25(2)33(42)48-32-9-7-8-10-47-32)35(44)50-41-21-28-13-29(22-41)18-39(46,17-28)24-41/h25-32,46H,6-24H2,1-5H3. The second kappa shape index (κ2) is 13.6. The van der Waals surface area contributed by atoms with Crippen LogP contribution in [0.25, 0.3) is 0 Å². The summed E-state index contributed by atoms with van der Waals surface area (Å²) >= 11 is 0. The molecule has 9 rings (SSSR count). The first-order valence-electron chi connectivity index (χ1n) is 20.2. The maximum atomic E-state index is 14.3. The molecular weight excluding hydrogens is 652 g/mol. The molecule has 8 atom stereocenters. The fourth-order valence-electron chi connectivity index (χ4n) is 12.4. The topological polar surface area (TPSA) is 135 Å². The van der Waals surface area contributed by atoms with Gasteiger partial charge in [0.2, 0.25) is 6.29 Å². The number of hydrogen-bond donors (Lipinski definition) is 1. The zero-order valence-electron chi connectivity index (χ0n) is 31.7. The van der Waals surface area contributed by atoms with E-state index in [0.717, 1.165) is 77.0 Å². The van der Waals surface area contributed by atoms with Crippen LogP contribution in [-0.4, -0.2) is 64.3 Å². The molecule has 8 aliphatic carbocycles. The van der Waals surface area contributed by atoms with E-state index in [1.165, 1.54) is 0 Å². The summed E-state index contributed by atoms with van der Waals surface area (Å²) in [5.74, 6) is -1.96. The monoisotopic (exact) mass is 714 g/mol. The molecule has 0 aromatic carbocycles. The van der Waals surface area contributed by atoms with Crippen LogP contribution in [0.2, 0.25) is 0 Å². The van der Waals surface area contributed by atoms with Crippen LogP contribution in [0.15, 0.2) is 0 Å². The first kappa shape index (κ1) is 37.1. The zero-order valence-corrected chi connectivity index (χ0v) is 31.7. The van der Waals surface area contributed by atoms with E-state index in [9.17, 15) is 24.3 Å². The largest absolute Gasteiger partial charge is 0.460 e. The normalized spacial score (nSPS) is 41.0. The molecule has 0 aromatic heterocycles. The minimum absolute atomic E-state index is 0.173. The van der Waals surface area contributed by atoms with Crippen molar-refractivity contribution in [1.29, 1.82) is 0 Å². The van der Waals surface area contributed by atoms with Gasteiger partial charge in [-0.05, 0) is 141 Å². The Hall–Kier alpha value is -2.20. The van der Waals surface area contributed by atoms with Crippen LogP contribution in [0, 0.1) is 46.8 Å². The highest BCUT2D eigenvalue weighted by molar-refractivity contribution is 5.80. The lowest BCUT2D eigenvalue weighted by molar-refractivity contribution is -0.224. The van der Waals surface area contributed by atoms with E-state index in [-0.39, 0.29) is 24.8 Å². The van der Waals surface area contributed by atoms with Gasteiger partial charge in [0, 0.05) is 19.3 Å². The van der Waals surface area contributed by atoms with Gasteiger partial charge in [-0.3, -0.25) is 19.2 Å². The summed E-state index contributed by atoms with van der Waals surface area (Å²) in [6, 6.07) is 0. The predicted octanol–water partition coefficient (Wildman–Crippen LogP) is 6.97. The fraction of sp³-hybridized carbons (Fsp3) is 0.902. The minimum Gasteiger partial charge on any atom is -0.460 e. The van der Waals surface area contributed by atoms with Crippen LogP contribution < -0.4 is 0 Å². The highest BCUT2D eigenvalue weighted by Crippen LogP contribution is 2.64. The molecule has 10 heteroatoms. The minimum atomic E-state index is -0.790. The summed E-state index contributed by atoms with van der Waals surface area (Å²) < 4.78 is 30.3. The van der Waals surface area contributed by atoms with Gasteiger partial charge in [0.05, 0.1) is 35.4 Å². The summed E-state index contributed by atoms with van der Waals surface area (Å²) in [7, 11) is 0. The first-order chi connectivity index (χ1) is 24.0. The molecule has 1 saturated heterocycles. The number of esters is 4. The Morgan fingerprint density at radius 3 is 1.86 bits per heavy atom. The van der Waals surface area contributed by atoms with Gasteiger partial charge in [-0.2, -0.15) is 0 Å². The molecule has 1 aliphatic heterocycles. The molecule has 0 spiro atoms. The summed E-state index contributed by atoms with van der Waals surface area (Å²) in [6.45, 7) is 9.93. The Labute approximate surface area is 303 Å². The zero-order chi connectivity index (χ0) is 36.4. The Balaban J connectivity index is 1.07. The van der Waals surface area contributed by atoms with E-state index in [4.69, 9.17) is 23.7 Å². The highest BCUT2D eigenvalue weighted by Gasteiger charge is 2.64. The van der Waals surface area contributed by atoms with Crippen LogP contribution in [0.4, 0.5) is 0 Å². The molecule has 10 nitrogen and oxygen atoms in total. The van der Waals surface area contributed by atoms with Crippen molar-refractivity contribution in [2.45, 2.75) is 179 Å². The van der Waals surface area contributed by atoms with Crippen molar-refractivity contribution in [1.82, 2.24) is 0 Å². The molecule has 0 amide bonds. The lowest BCUT2D eigenvalue weighted by Gasteiger charge is -2.60. The number of ether oxygens (including phenoxy) is 5. The van der Waals surface area contributed by atoms with E-state index in [0.29, 0.717) is 56.0 Å². The first-order valence-corrected chi connectivity index (χ1v) is 20.2. The van der Waals surface area contributed by atoms with Crippen molar-refractivity contribution in [3.63, 3.8) is 0 Å². The summed E-state index contributed by atoms with van der Waals surface area (Å²) in [5, 5.41) is 11.4. The van der Waals surface area contributed by atoms with Crippen LogP contribution >= 0.6 is 0 Å². The van der Waals surface area contributed by atoms with Crippen LogP contribution in [0.3, 0.4) is 0 Å². The van der Waals surface area contributed by atoms with E-state index >= 15 is 0 Å². The molecular formula is C41H62O10. The summed E-state index contributed by atoms with van der Waals surface area (Å²) in [6.07, 6.45) is 11.9. The van der Waals surface area contributed by atoms with Gasteiger partial charge in [-0.1, -0.05) is 13.8 Å². The number of aliphatic hydroxyl groups is 1. The lowest BCUT2D eigenvalue weighted by atomic mass is 9.48. The second-order valence-electron chi connectivity index (χ2n) is 19.5. The van der Waals surface area contributed by atoms with Crippen molar-refractivity contribution < 1.29 is 48.0 Å². The molecule has 51 heavy (non-hydrogen) atoms. The molecule has 9 fully saturated rings. The predicted molar refractivity (Wildman–Crippen MR) is 186 cm³/mol. The van der Waals surface area contributed by atoms with E-state index in [1.54, 1.807) is 6.92 Å². The van der Waals surface area contributed by atoms with Crippen LogP contribution in [0.1, 0.15) is 150 Å². The maximum Gasteiger partial charge on any atom is 0.312 e. The number of carbonyl (C=O) groups is 4. The van der Waals surface area contributed by atoms with Crippen molar-refractivity contribution in [3.8, 4) is 0 Å². The average Bonchev–Trinajstić information content (AvgIpc) is 3.00. The third kappa shape index (κ3) is 7.88. The Bertz CT molecular complexity index is 1330. The van der Waals surface area contributed by atoms with Gasteiger partial charge in [-0.15, -0.1) is 0 Å². The molecule has 8 saturated carbocycles. The molecule has 0 aromatic rings. The molecule has 8 bridgehead atoms. The van der Waals surface area contributed by atoms with Gasteiger partial charge < -0.3 is 28.8 Å². The average molecular weight is 715 g/mol. The third-order valence-corrected chi connectivity index (χ3v) is 13.6. The molecule has 286 valence electrons. The quantitative estimate of drug-likeness (QED) is 0.167. The Kier molecular flexibility index (Phi) is 9.89. The number of hydrogen-bond acceptors (Lipinski definition) is 10. The van der Waals surface area contributed by atoms with Gasteiger partial charge >= 0.3 is 23.9 Å². The van der Waals surface area contributed by atoms with E-state index in [1.807, 2.05) is 27.7 Å². The lowest BCUT2D eigenvalue weighted by Crippen LogP contribution is -2.61. The van der Waals surface area contributed by atoms with Gasteiger partial charge in [0.15, 0.2) is 0 Å². The molecule has 9 aliphatic rings. The molecule has 8 unspecified atom stereocenters. The molecule has 0 radical (unpaired) electrons. The number of carbonyl (C=O) groups excluding carboxylic acids is 4. The van der Waals surface area contributed by atoms with E-state index in [2.05, 4.69) is 0 Å². The molecule has 1 N–H and O–H groups in total. The van der Waals surface area contributed by atoms with Crippen molar-refractivity contribution in [2.75, 3.05) is 6.61 Å². The number of rotatable bonds is 12. The maximum absolute atomic E-state index is 14.3. The highest BCUT2D eigenvalue weighted by atomic mass is 16.7. The van der Waals surface area contributed by atoms with Crippen LogP contribution in [-0.2, 0) is 42.9 Å². The fourth-order valence-corrected chi connectivity index (χ4v) is 12.4. The third-order valence-electron chi connectivity index (χ3n) is 13.6. The Morgan fingerprint density at radius 2 is 1.33 bits per heavy atom. The van der Waals surface area contributed by atoms with E-state index < -0.39 is 63.8 Å². The van der Waals surface area contributed by atoms with Gasteiger partial charge in [-0.25, -0.2) is 0 Å². The van der Waals surface area contributed by atoms with Crippen molar-refractivity contribution in [2.24, 2.45) is 46.8 Å². The second-order valence-corrected chi connectivity index (χ2v) is 19.5. The van der Waals surface area contributed by atoms with Crippen molar-refractivity contribution >= 4 is 23.9 Å². The van der Waals surface area contributed by atoms with Crippen LogP contribution in [0.5, 0.6) is 0 Å². The van der Waals surface area contributed by atoms with Gasteiger partial charge in [0.1, 0.15) is 16.8 Å². The smallest absolute Gasteiger partial charge is 0.312 e. The van der Waals surface area contributed by atoms with Gasteiger partial charge in [0.25, 0.3) is 0 Å². The molecule has 1 heterocycles. The SMILES string of the molecule is CCC(CC(CC(C)C(=O)OC1CCCCO1)C(=O)OC12CC3CC(CC(O)(C3)C1)C2)C(=O)OC12CC3CC(C1)CC(C(=O)OC(C)(C)C)(C3)C2. The summed E-state index contributed by atoms with van der Waals surface area (Å²) in [4.78, 5) is 55.5. The Morgan fingerprint density at radius 1 is 0.765 bits per heavy atom.